The molecular weight excluding hydrogens is 294 g/mol. The Bertz CT molecular complexity index is 758. The lowest BCUT2D eigenvalue weighted by Gasteiger charge is -2.20. The summed E-state index contributed by atoms with van der Waals surface area (Å²) in [6, 6.07) is 7.71. The van der Waals surface area contributed by atoms with Gasteiger partial charge in [0.2, 0.25) is 0 Å². The minimum atomic E-state index is -0.538. The minimum Gasteiger partial charge on any atom is -0.467 e. The fourth-order valence-corrected chi connectivity index (χ4v) is 3.03. The fraction of sp³-hybridized carbons (Fsp3) is 0.471. The van der Waals surface area contributed by atoms with Crippen LogP contribution in [-0.4, -0.2) is 27.4 Å². The molecule has 1 atom stereocenters. The van der Waals surface area contributed by atoms with E-state index in [-0.39, 0.29) is 11.7 Å². The highest BCUT2D eigenvalue weighted by Crippen LogP contribution is 2.22. The van der Waals surface area contributed by atoms with Gasteiger partial charge in [0.05, 0.1) is 13.7 Å². The van der Waals surface area contributed by atoms with Crippen LogP contribution in [0.4, 0.5) is 0 Å². The number of nitrogens with zero attached hydrogens (tertiary/aromatic N) is 3. The van der Waals surface area contributed by atoms with Crippen LogP contribution in [0.1, 0.15) is 35.8 Å². The zero-order valence-corrected chi connectivity index (χ0v) is 13.5. The largest absolute Gasteiger partial charge is 0.467 e. The lowest BCUT2D eigenvalue weighted by molar-refractivity contribution is -0.145. The Morgan fingerprint density at radius 3 is 2.78 bits per heavy atom. The number of ether oxygens (including phenoxy) is 1. The van der Waals surface area contributed by atoms with E-state index in [1.807, 2.05) is 6.92 Å². The number of carbonyl (C=O) groups is 1. The van der Waals surface area contributed by atoms with E-state index in [2.05, 4.69) is 29.4 Å². The molecule has 0 saturated heterocycles. The lowest BCUT2D eigenvalue weighted by atomic mass is 10.1. The van der Waals surface area contributed by atoms with Crippen molar-refractivity contribution in [2.24, 2.45) is 0 Å². The molecule has 0 saturated carbocycles. The van der Waals surface area contributed by atoms with E-state index in [0.29, 0.717) is 18.8 Å². The molecule has 0 aliphatic carbocycles. The van der Waals surface area contributed by atoms with E-state index in [9.17, 15) is 9.59 Å². The molecule has 3 rings (SSSR count). The molecule has 0 unspecified atom stereocenters. The maximum Gasteiger partial charge on any atom is 0.346 e. The standard InChI is InChI=1S/C17H21N3O3/c1-12-6-8-13(9-7-12)10-11-19-17(22)20-14(16(21)23-2)4-3-5-15(20)18-19/h6-9,14H,3-5,10-11H2,1-2H3/t14-/m1/s1. The molecule has 0 N–H and O–H groups in total. The van der Waals surface area contributed by atoms with Crippen LogP contribution in [0.3, 0.4) is 0 Å². The molecule has 0 radical (unpaired) electrons. The first-order chi connectivity index (χ1) is 11.1. The van der Waals surface area contributed by atoms with E-state index in [4.69, 9.17) is 4.74 Å². The molecule has 2 aromatic rings. The molecule has 1 aromatic carbocycles. The summed E-state index contributed by atoms with van der Waals surface area (Å²) < 4.78 is 7.79. The first-order valence-corrected chi connectivity index (χ1v) is 7.91. The summed E-state index contributed by atoms with van der Waals surface area (Å²) >= 11 is 0. The Hall–Kier alpha value is -2.37. The van der Waals surface area contributed by atoms with Gasteiger partial charge in [-0.3, -0.25) is 4.57 Å². The van der Waals surface area contributed by atoms with Crippen LogP contribution in [-0.2, 0) is 28.9 Å². The zero-order chi connectivity index (χ0) is 16.4. The SMILES string of the molecule is COC(=O)[C@H]1CCCc2nn(CCc3ccc(C)cc3)c(=O)n21. The third kappa shape index (κ3) is 3.06. The smallest absolute Gasteiger partial charge is 0.346 e. The molecule has 1 aliphatic heterocycles. The van der Waals surface area contributed by atoms with Crippen molar-refractivity contribution in [1.82, 2.24) is 14.3 Å². The summed E-state index contributed by atoms with van der Waals surface area (Å²) in [5.41, 5.74) is 2.16. The number of aryl methyl sites for hydroxylation is 4. The van der Waals surface area contributed by atoms with Crippen molar-refractivity contribution in [2.75, 3.05) is 7.11 Å². The third-order valence-corrected chi connectivity index (χ3v) is 4.34. The minimum absolute atomic E-state index is 0.220. The van der Waals surface area contributed by atoms with E-state index in [1.165, 1.54) is 21.9 Å². The highest BCUT2D eigenvalue weighted by Gasteiger charge is 2.30. The second kappa shape index (κ2) is 6.40. The highest BCUT2D eigenvalue weighted by atomic mass is 16.5. The van der Waals surface area contributed by atoms with Crippen molar-refractivity contribution < 1.29 is 9.53 Å². The van der Waals surface area contributed by atoms with Crippen molar-refractivity contribution in [1.29, 1.82) is 0 Å². The van der Waals surface area contributed by atoms with Gasteiger partial charge in [-0.15, -0.1) is 0 Å². The van der Waals surface area contributed by atoms with Gasteiger partial charge in [-0.05, 0) is 31.7 Å². The Kier molecular flexibility index (Phi) is 4.32. The normalized spacial score (nSPS) is 16.9. The molecule has 0 spiro atoms. The summed E-state index contributed by atoms with van der Waals surface area (Å²) in [6.45, 7) is 2.56. The molecule has 6 nitrogen and oxygen atoms in total. The molecule has 1 aromatic heterocycles. The average Bonchev–Trinajstić information content (AvgIpc) is 2.90. The van der Waals surface area contributed by atoms with Crippen LogP contribution in [0.25, 0.3) is 0 Å². The molecule has 0 fully saturated rings. The molecule has 6 heteroatoms. The Labute approximate surface area is 134 Å². The van der Waals surface area contributed by atoms with Gasteiger partial charge in [0.25, 0.3) is 0 Å². The molecule has 1 aliphatic rings. The van der Waals surface area contributed by atoms with Crippen molar-refractivity contribution in [3.05, 3.63) is 51.7 Å². The monoisotopic (exact) mass is 315 g/mol. The Morgan fingerprint density at radius 2 is 2.09 bits per heavy atom. The summed E-state index contributed by atoms with van der Waals surface area (Å²) in [7, 11) is 1.35. The summed E-state index contributed by atoms with van der Waals surface area (Å²) in [6.07, 6.45) is 2.93. The molecule has 23 heavy (non-hydrogen) atoms. The molecular formula is C17H21N3O3. The average molecular weight is 315 g/mol. The van der Waals surface area contributed by atoms with Crippen LogP contribution < -0.4 is 5.69 Å². The highest BCUT2D eigenvalue weighted by molar-refractivity contribution is 5.74. The van der Waals surface area contributed by atoms with Crippen molar-refractivity contribution >= 4 is 5.97 Å². The van der Waals surface area contributed by atoms with Crippen LogP contribution >= 0.6 is 0 Å². The van der Waals surface area contributed by atoms with Gasteiger partial charge in [0.15, 0.2) is 0 Å². The topological polar surface area (TPSA) is 66.1 Å². The van der Waals surface area contributed by atoms with Gasteiger partial charge >= 0.3 is 11.7 Å². The molecule has 2 heterocycles. The lowest BCUT2D eigenvalue weighted by Crippen LogP contribution is -2.35. The van der Waals surface area contributed by atoms with Gasteiger partial charge in [0.1, 0.15) is 11.9 Å². The van der Waals surface area contributed by atoms with Gasteiger partial charge in [-0.1, -0.05) is 29.8 Å². The van der Waals surface area contributed by atoms with E-state index < -0.39 is 6.04 Å². The summed E-state index contributed by atoms with van der Waals surface area (Å²) in [4.78, 5) is 24.5. The number of methoxy groups -OCH3 is 1. The van der Waals surface area contributed by atoms with Crippen molar-refractivity contribution in [2.45, 2.75) is 45.2 Å². The van der Waals surface area contributed by atoms with Gasteiger partial charge in [-0.2, -0.15) is 5.10 Å². The number of fused-ring (bicyclic) bond motifs is 1. The Balaban J connectivity index is 1.82. The Morgan fingerprint density at radius 1 is 1.35 bits per heavy atom. The fourth-order valence-electron chi connectivity index (χ4n) is 3.03. The van der Waals surface area contributed by atoms with Gasteiger partial charge < -0.3 is 4.74 Å². The van der Waals surface area contributed by atoms with Crippen LogP contribution in [0, 0.1) is 6.92 Å². The zero-order valence-electron chi connectivity index (χ0n) is 13.5. The third-order valence-electron chi connectivity index (χ3n) is 4.34. The number of esters is 1. The number of carbonyl (C=O) groups excluding carboxylic acids is 1. The molecule has 122 valence electrons. The summed E-state index contributed by atoms with van der Waals surface area (Å²) in [5.74, 6) is 0.312. The number of hydrogen-bond donors (Lipinski definition) is 0. The van der Waals surface area contributed by atoms with Crippen molar-refractivity contribution in [3.63, 3.8) is 0 Å². The quantitative estimate of drug-likeness (QED) is 0.805. The van der Waals surface area contributed by atoms with E-state index in [1.54, 1.807) is 0 Å². The van der Waals surface area contributed by atoms with E-state index in [0.717, 1.165) is 24.8 Å². The second-order valence-electron chi connectivity index (χ2n) is 5.96. The van der Waals surface area contributed by atoms with Crippen LogP contribution in [0.15, 0.2) is 29.1 Å². The number of rotatable bonds is 4. The number of hydrogen-bond acceptors (Lipinski definition) is 4. The van der Waals surface area contributed by atoms with Crippen molar-refractivity contribution in [3.8, 4) is 0 Å². The number of aromatic nitrogens is 3. The first kappa shape index (κ1) is 15.5. The van der Waals surface area contributed by atoms with E-state index >= 15 is 0 Å². The first-order valence-electron chi connectivity index (χ1n) is 7.91. The maximum absolute atomic E-state index is 12.6. The molecule has 0 amide bonds. The predicted octanol–water partition coefficient (Wildman–Crippen LogP) is 1.65. The second-order valence-corrected chi connectivity index (χ2v) is 5.96. The number of benzene rings is 1. The molecule has 0 bridgehead atoms. The van der Waals surface area contributed by atoms with Gasteiger partial charge in [0, 0.05) is 6.42 Å². The predicted molar refractivity (Wildman–Crippen MR) is 85.4 cm³/mol. The summed E-state index contributed by atoms with van der Waals surface area (Å²) in [5, 5.41) is 4.41. The van der Waals surface area contributed by atoms with Gasteiger partial charge in [-0.25, -0.2) is 14.3 Å². The van der Waals surface area contributed by atoms with Crippen LogP contribution in [0.5, 0.6) is 0 Å². The van der Waals surface area contributed by atoms with Crippen LogP contribution in [0.2, 0.25) is 0 Å². The maximum atomic E-state index is 12.6.